The SMILES string of the molecule is CCOc1ccc(C(Cl)c2ccc3c(c2)CCO3)c(Br)c1. The molecule has 0 spiro atoms. The lowest BCUT2D eigenvalue weighted by Gasteiger charge is -2.14. The summed E-state index contributed by atoms with van der Waals surface area (Å²) in [4.78, 5) is 0. The Morgan fingerprint density at radius 3 is 2.90 bits per heavy atom. The van der Waals surface area contributed by atoms with Gasteiger partial charge in [0.15, 0.2) is 0 Å². The molecule has 0 amide bonds. The molecule has 0 bridgehead atoms. The van der Waals surface area contributed by atoms with Crippen LogP contribution in [-0.4, -0.2) is 13.2 Å². The summed E-state index contributed by atoms with van der Waals surface area (Å²) in [5.74, 6) is 1.83. The quantitative estimate of drug-likeness (QED) is 0.699. The lowest BCUT2D eigenvalue weighted by atomic mass is 10.0. The molecule has 0 aliphatic carbocycles. The van der Waals surface area contributed by atoms with Gasteiger partial charge in [-0.1, -0.05) is 34.1 Å². The highest BCUT2D eigenvalue weighted by atomic mass is 79.9. The minimum absolute atomic E-state index is 0.194. The molecule has 1 heterocycles. The molecular weight excluding hydrogens is 352 g/mol. The average Bonchev–Trinajstić information content (AvgIpc) is 2.94. The first-order valence-corrected chi connectivity index (χ1v) is 8.24. The lowest BCUT2D eigenvalue weighted by Crippen LogP contribution is -1.97. The number of alkyl halides is 1. The van der Waals surface area contributed by atoms with Crippen LogP contribution in [0.2, 0.25) is 0 Å². The first kappa shape index (κ1) is 14.7. The van der Waals surface area contributed by atoms with Gasteiger partial charge < -0.3 is 9.47 Å². The zero-order valence-electron chi connectivity index (χ0n) is 11.7. The van der Waals surface area contributed by atoms with Gasteiger partial charge in [-0.2, -0.15) is 0 Å². The number of fused-ring (bicyclic) bond motifs is 1. The summed E-state index contributed by atoms with van der Waals surface area (Å²) in [7, 11) is 0. The third-order valence-corrected chi connectivity index (χ3v) is 4.74. The molecule has 1 aliphatic rings. The first-order chi connectivity index (χ1) is 10.2. The third kappa shape index (κ3) is 3.04. The van der Waals surface area contributed by atoms with Crippen LogP contribution >= 0.6 is 27.5 Å². The summed E-state index contributed by atoms with van der Waals surface area (Å²) in [6.45, 7) is 3.39. The van der Waals surface area contributed by atoms with Crippen LogP contribution < -0.4 is 9.47 Å². The van der Waals surface area contributed by atoms with E-state index in [0.29, 0.717) is 6.61 Å². The molecule has 0 saturated heterocycles. The number of ether oxygens (including phenoxy) is 2. The molecule has 4 heteroatoms. The van der Waals surface area contributed by atoms with Gasteiger partial charge in [-0.05, 0) is 41.8 Å². The molecule has 2 aromatic carbocycles. The van der Waals surface area contributed by atoms with Gasteiger partial charge in [0.25, 0.3) is 0 Å². The van der Waals surface area contributed by atoms with Gasteiger partial charge in [0.05, 0.1) is 18.6 Å². The molecule has 0 fully saturated rings. The van der Waals surface area contributed by atoms with Crippen molar-refractivity contribution in [1.82, 2.24) is 0 Å². The molecule has 0 N–H and O–H groups in total. The van der Waals surface area contributed by atoms with Gasteiger partial charge in [0.2, 0.25) is 0 Å². The fourth-order valence-electron chi connectivity index (χ4n) is 2.51. The minimum Gasteiger partial charge on any atom is -0.494 e. The molecule has 110 valence electrons. The van der Waals surface area contributed by atoms with Crippen molar-refractivity contribution < 1.29 is 9.47 Å². The predicted octanol–water partition coefficient (Wildman–Crippen LogP) is 5.11. The summed E-state index contributed by atoms with van der Waals surface area (Å²) in [6.07, 6.45) is 0.956. The van der Waals surface area contributed by atoms with Crippen LogP contribution in [0.15, 0.2) is 40.9 Å². The first-order valence-electron chi connectivity index (χ1n) is 7.01. The normalized spacial score (nSPS) is 14.4. The highest BCUT2D eigenvalue weighted by molar-refractivity contribution is 9.10. The predicted molar refractivity (Wildman–Crippen MR) is 88.6 cm³/mol. The number of hydrogen-bond acceptors (Lipinski definition) is 2. The molecule has 1 atom stereocenters. The number of halogens is 2. The van der Waals surface area contributed by atoms with Crippen LogP contribution in [0.25, 0.3) is 0 Å². The zero-order valence-corrected chi connectivity index (χ0v) is 14.1. The van der Waals surface area contributed by atoms with Crippen molar-refractivity contribution in [1.29, 1.82) is 0 Å². The number of hydrogen-bond donors (Lipinski definition) is 0. The van der Waals surface area contributed by atoms with Crippen LogP contribution in [0.4, 0.5) is 0 Å². The van der Waals surface area contributed by atoms with Crippen molar-refractivity contribution >= 4 is 27.5 Å². The standard InChI is InChI=1S/C17H16BrClO2/c1-2-20-13-4-5-14(15(18)10-13)17(19)12-3-6-16-11(9-12)7-8-21-16/h3-6,9-10,17H,2,7-8H2,1H3. The van der Waals surface area contributed by atoms with Crippen LogP contribution in [-0.2, 0) is 6.42 Å². The molecule has 0 radical (unpaired) electrons. The molecule has 1 unspecified atom stereocenters. The van der Waals surface area contributed by atoms with Gasteiger partial charge in [0, 0.05) is 10.9 Å². The second kappa shape index (κ2) is 6.29. The maximum absolute atomic E-state index is 6.66. The van der Waals surface area contributed by atoms with Crippen molar-refractivity contribution in [3.05, 3.63) is 57.6 Å². The van der Waals surface area contributed by atoms with Gasteiger partial charge >= 0.3 is 0 Å². The second-order valence-corrected chi connectivity index (χ2v) is 6.24. The van der Waals surface area contributed by atoms with E-state index >= 15 is 0 Å². The fourth-order valence-corrected chi connectivity index (χ4v) is 3.56. The Kier molecular flexibility index (Phi) is 4.41. The monoisotopic (exact) mass is 366 g/mol. The molecule has 2 nitrogen and oxygen atoms in total. The van der Waals surface area contributed by atoms with Crippen molar-refractivity contribution in [2.75, 3.05) is 13.2 Å². The third-order valence-electron chi connectivity index (χ3n) is 3.56. The summed E-state index contributed by atoms with van der Waals surface area (Å²) >= 11 is 10.2. The van der Waals surface area contributed by atoms with E-state index in [1.807, 2.05) is 37.3 Å². The van der Waals surface area contributed by atoms with Gasteiger partial charge in [-0.3, -0.25) is 0 Å². The lowest BCUT2D eigenvalue weighted by molar-refractivity contribution is 0.340. The van der Waals surface area contributed by atoms with Gasteiger partial charge in [-0.15, -0.1) is 11.6 Å². The summed E-state index contributed by atoms with van der Waals surface area (Å²) in [5.41, 5.74) is 3.37. The van der Waals surface area contributed by atoms with Crippen molar-refractivity contribution in [2.45, 2.75) is 18.7 Å². The minimum atomic E-state index is -0.194. The van der Waals surface area contributed by atoms with Crippen LogP contribution in [0.1, 0.15) is 29.0 Å². The van der Waals surface area contributed by atoms with E-state index in [-0.39, 0.29) is 5.38 Å². The van der Waals surface area contributed by atoms with Crippen LogP contribution in [0, 0.1) is 0 Å². The zero-order chi connectivity index (χ0) is 14.8. The largest absolute Gasteiger partial charge is 0.494 e. The van der Waals surface area contributed by atoms with E-state index in [0.717, 1.165) is 40.1 Å². The van der Waals surface area contributed by atoms with E-state index in [4.69, 9.17) is 21.1 Å². The highest BCUT2D eigenvalue weighted by Crippen LogP contribution is 2.38. The maximum atomic E-state index is 6.66. The van der Waals surface area contributed by atoms with Gasteiger partial charge in [0.1, 0.15) is 11.5 Å². The van der Waals surface area contributed by atoms with Crippen molar-refractivity contribution in [2.24, 2.45) is 0 Å². The highest BCUT2D eigenvalue weighted by Gasteiger charge is 2.18. The number of rotatable bonds is 4. The fraction of sp³-hybridized carbons (Fsp3) is 0.294. The Morgan fingerprint density at radius 2 is 2.14 bits per heavy atom. The summed E-state index contributed by atoms with van der Waals surface area (Å²) in [6, 6.07) is 12.1. The Balaban J connectivity index is 1.89. The number of benzene rings is 2. The molecule has 1 aliphatic heterocycles. The Morgan fingerprint density at radius 1 is 1.29 bits per heavy atom. The molecular formula is C17H16BrClO2. The molecule has 0 aromatic heterocycles. The van der Waals surface area contributed by atoms with E-state index in [2.05, 4.69) is 22.0 Å². The second-order valence-electron chi connectivity index (χ2n) is 4.94. The summed E-state index contributed by atoms with van der Waals surface area (Å²) < 4.78 is 12.0. The van der Waals surface area contributed by atoms with E-state index in [1.54, 1.807) is 0 Å². The van der Waals surface area contributed by atoms with E-state index in [1.165, 1.54) is 5.56 Å². The Hall–Kier alpha value is -1.19. The molecule has 3 rings (SSSR count). The van der Waals surface area contributed by atoms with Gasteiger partial charge in [-0.25, -0.2) is 0 Å². The Labute approximate surface area is 138 Å². The van der Waals surface area contributed by atoms with Crippen LogP contribution in [0.3, 0.4) is 0 Å². The smallest absolute Gasteiger partial charge is 0.122 e. The molecule has 21 heavy (non-hydrogen) atoms. The van der Waals surface area contributed by atoms with Crippen LogP contribution in [0.5, 0.6) is 11.5 Å². The van der Waals surface area contributed by atoms with Crippen molar-refractivity contribution in [3.63, 3.8) is 0 Å². The molecule has 0 saturated carbocycles. The average molecular weight is 368 g/mol. The van der Waals surface area contributed by atoms with Crippen molar-refractivity contribution in [3.8, 4) is 11.5 Å². The summed E-state index contributed by atoms with van der Waals surface area (Å²) in [5, 5.41) is -0.194. The maximum Gasteiger partial charge on any atom is 0.122 e. The van der Waals surface area contributed by atoms with E-state index in [9.17, 15) is 0 Å². The van der Waals surface area contributed by atoms with E-state index < -0.39 is 0 Å². The Bertz CT molecular complexity index is 657. The topological polar surface area (TPSA) is 18.5 Å². The molecule has 2 aromatic rings.